The molecule has 104 valence electrons. The van der Waals surface area contributed by atoms with Crippen molar-refractivity contribution in [2.75, 3.05) is 40.3 Å². The van der Waals surface area contributed by atoms with Crippen molar-refractivity contribution in [3.8, 4) is 6.07 Å². The highest BCUT2D eigenvalue weighted by atomic mass is 15.2. The Labute approximate surface area is 112 Å². The molecular formula is C14H28N4. The largest absolute Gasteiger partial charge is 0.306 e. The van der Waals surface area contributed by atoms with Gasteiger partial charge in [-0.15, -0.1) is 0 Å². The van der Waals surface area contributed by atoms with Gasteiger partial charge in [-0.1, -0.05) is 6.92 Å². The molecule has 1 fully saturated rings. The number of hydrogen-bond acceptors (Lipinski definition) is 4. The van der Waals surface area contributed by atoms with Gasteiger partial charge in [-0.25, -0.2) is 0 Å². The standard InChI is InChI=1S/C14H28N4/c1-4-8-16-13(12-15)5-11-18(3)14-6-9-17(2)10-7-14/h13-14,16H,4-11H2,1-3H3. The van der Waals surface area contributed by atoms with Gasteiger partial charge in [-0.2, -0.15) is 5.26 Å². The molecular weight excluding hydrogens is 224 g/mol. The van der Waals surface area contributed by atoms with E-state index in [4.69, 9.17) is 5.26 Å². The van der Waals surface area contributed by atoms with Crippen LogP contribution >= 0.6 is 0 Å². The SMILES string of the molecule is CCCNC(C#N)CCN(C)C1CCN(C)CC1. The summed E-state index contributed by atoms with van der Waals surface area (Å²) in [5.74, 6) is 0. The predicted molar refractivity (Wildman–Crippen MR) is 75.5 cm³/mol. The van der Waals surface area contributed by atoms with Crippen LogP contribution in [0.15, 0.2) is 0 Å². The van der Waals surface area contributed by atoms with Crippen LogP contribution in [0.4, 0.5) is 0 Å². The fraction of sp³-hybridized carbons (Fsp3) is 0.929. The average molecular weight is 252 g/mol. The number of nitrogens with one attached hydrogen (secondary N) is 1. The van der Waals surface area contributed by atoms with Crippen LogP contribution in [0.1, 0.15) is 32.6 Å². The highest BCUT2D eigenvalue weighted by Crippen LogP contribution is 2.14. The second kappa shape index (κ2) is 8.47. The zero-order valence-corrected chi connectivity index (χ0v) is 12.2. The molecule has 0 saturated carbocycles. The summed E-state index contributed by atoms with van der Waals surface area (Å²) in [6.45, 7) is 6.49. The van der Waals surface area contributed by atoms with E-state index in [-0.39, 0.29) is 6.04 Å². The summed E-state index contributed by atoms with van der Waals surface area (Å²) < 4.78 is 0. The topological polar surface area (TPSA) is 42.3 Å². The molecule has 1 rings (SSSR count). The van der Waals surface area contributed by atoms with Crippen molar-refractivity contribution in [3.05, 3.63) is 0 Å². The van der Waals surface area contributed by atoms with E-state index in [1.165, 1.54) is 25.9 Å². The van der Waals surface area contributed by atoms with E-state index in [2.05, 4.69) is 42.2 Å². The highest BCUT2D eigenvalue weighted by molar-refractivity contribution is 4.90. The number of nitrogens with zero attached hydrogens (tertiary/aromatic N) is 3. The maximum atomic E-state index is 9.07. The van der Waals surface area contributed by atoms with Gasteiger partial charge < -0.3 is 15.1 Å². The third kappa shape index (κ3) is 5.34. The molecule has 0 aromatic heterocycles. The Bertz CT molecular complexity index is 253. The van der Waals surface area contributed by atoms with Gasteiger partial charge in [-0.05, 0) is 59.4 Å². The molecule has 0 aliphatic carbocycles. The molecule has 4 nitrogen and oxygen atoms in total. The van der Waals surface area contributed by atoms with E-state index in [1.807, 2.05) is 0 Å². The van der Waals surface area contributed by atoms with E-state index >= 15 is 0 Å². The van der Waals surface area contributed by atoms with Crippen LogP contribution in [0, 0.1) is 11.3 Å². The first-order valence-corrected chi connectivity index (χ1v) is 7.19. The number of hydrogen-bond donors (Lipinski definition) is 1. The molecule has 1 saturated heterocycles. The lowest BCUT2D eigenvalue weighted by Gasteiger charge is -2.35. The maximum Gasteiger partial charge on any atom is 0.0965 e. The highest BCUT2D eigenvalue weighted by Gasteiger charge is 2.20. The zero-order valence-electron chi connectivity index (χ0n) is 12.2. The molecule has 1 heterocycles. The third-order valence-corrected chi connectivity index (χ3v) is 3.88. The van der Waals surface area contributed by atoms with Crippen LogP contribution in [0.3, 0.4) is 0 Å². The molecule has 0 amide bonds. The minimum Gasteiger partial charge on any atom is -0.306 e. The quantitative estimate of drug-likeness (QED) is 0.741. The first kappa shape index (κ1) is 15.4. The van der Waals surface area contributed by atoms with Gasteiger partial charge in [-0.3, -0.25) is 0 Å². The number of piperidine rings is 1. The summed E-state index contributed by atoms with van der Waals surface area (Å²) in [7, 11) is 4.39. The van der Waals surface area contributed by atoms with E-state index < -0.39 is 0 Å². The third-order valence-electron chi connectivity index (χ3n) is 3.88. The first-order chi connectivity index (χ1) is 8.67. The lowest BCUT2D eigenvalue weighted by atomic mass is 10.0. The Morgan fingerprint density at radius 1 is 1.44 bits per heavy atom. The molecule has 1 unspecified atom stereocenters. The lowest BCUT2D eigenvalue weighted by Crippen LogP contribution is -2.43. The van der Waals surface area contributed by atoms with Gasteiger partial charge in [0.25, 0.3) is 0 Å². The van der Waals surface area contributed by atoms with E-state index in [9.17, 15) is 0 Å². The van der Waals surface area contributed by atoms with Gasteiger partial charge in [0.05, 0.1) is 12.1 Å². The van der Waals surface area contributed by atoms with Crippen LogP contribution in [-0.2, 0) is 0 Å². The van der Waals surface area contributed by atoms with Crippen molar-refractivity contribution in [3.63, 3.8) is 0 Å². The predicted octanol–water partition coefficient (Wildman–Crippen LogP) is 1.29. The fourth-order valence-corrected chi connectivity index (χ4v) is 2.48. The summed E-state index contributed by atoms with van der Waals surface area (Å²) in [5, 5.41) is 12.4. The molecule has 0 aromatic carbocycles. The molecule has 0 aromatic rings. The summed E-state index contributed by atoms with van der Waals surface area (Å²) in [6.07, 6.45) is 4.53. The Hall–Kier alpha value is -0.630. The minimum absolute atomic E-state index is 0.0127. The van der Waals surface area contributed by atoms with Crippen molar-refractivity contribution < 1.29 is 0 Å². The van der Waals surface area contributed by atoms with Crippen molar-refractivity contribution >= 4 is 0 Å². The Balaban J connectivity index is 2.23. The normalized spacial score (nSPS) is 19.9. The molecule has 1 aliphatic heterocycles. The average Bonchev–Trinajstić information content (AvgIpc) is 2.39. The molecule has 0 spiro atoms. The Morgan fingerprint density at radius 2 is 2.11 bits per heavy atom. The summed E-state index contributed by atoms with van der Waals surface area (Å²) in [5.41, 5.74) is 0. The smallest absolute Gasteiger partial charge is 0.0965 e. The molecule has 0 radical (unpaired) electrons. The number of rotatable bonds is 7. The van der Waals surface area contributed by atoms with Gasteiger partial charge in [0.15, 0.2) is 0 Å². The van der Waals surface area contributed by atoms with Crippen LogP contribution in [-0.4, -0.2) is 62.2 Å². The van der Waals surface area contributed by atoms with Crippen molar-refractivity contribution in [1.82, 2.24) is 15.1 Å². The van der Waals surface area contributed by atoms with Crippen molar-refractivity contribution in [1.29, 1.82) is 5.26 Å². The second-order valence-electron chi connectivity index (χ2n) is 5.44. The Kier molecular flexibility index (Phi) is 7.26. The molecule has 18 heavy (non-hydrogen) atoms. The minimum atomic E-state index is 0.0127. The molecule has 0 bridgehead atoms. The van der Waals surface area contributed by atoms with Crippen LogP contribution in [0.5, 0.6) is 0 Å². The molecule has 1 aliphatic rings. The van der Waals surface area contributed by atoms with Crippen LogP contribution in [0.25, 0.3) is 0 Å². The lowest BCUT2D eigenvalue weighted by molar-refractivity contribution is 0.142. The van der Waals surface area contributed by atoms with Crippen LogP contribution < -0.4 is 5.32 Å². The molecule has 1 atom stereocenters. The molecule has 4 heteroatoms. The monoisotopic (exact) mass is 252 g/mol. The van der Waals surface area contributed by atoms with Gasteiger partial charge >= 0.3 is 0 Å². The van der Waals surface area contributed by atoms with Crippen molar-refractivity contribution in [2.24, 2.45) is 0 Å². The van der Waals surface area contributed by atoms with E-state index in [0.29, 0.717) is 6.04 Å². The van der Waals surface area contributed by atoms with Crippen LogP contribution in [0.2, 0.25) is 0 Å². The second-order valence-corrected chi connectivity index (χ2v) is 5.44. The number of likely N-dealkylation sites (tertiary alicyclic amines) is 1. The van der Waals surface area contributed by atoms with E-state index in [1.54, 1.807) is 0 Å². The summed E-state index contributed by atoms with van der Waals surface area (Å²) >= 11 is 0. The van der Waals surface area contributed by atoms with Crippen molar-refractivity contribution in [2.45, 2.75) is 44.7 Å². The Morgan fingerprint density at radius 3 is 2.67 bits per heavy atom. The summed E-state index contributed by atoms with van der Waals surface area (Å²) in [6, 6.07) is 3.07. The number of nitriles is 1. The van der Waals surface area contributed by atoms with Gasteiger partial charge in [0.1, 0.15) is 0 Å². The first-order valence-electron chi connectivity index (χ1n) is 7.19. The zero-order chi connectivity index (χ0) is 13.4. The van der Waals surface area contributed by atoms with Gasteiger partial charge in [0, 0.05) is 12.6 Å². The fourth-order valence-electron chi connectivity index (χ4n) is 2.48. The molecule has 1 N–H and O–H groups in total. The maximum absolute atomic E-state index is 9.07. The van der Waals surface area contributed by atoms with E-state index in [0.717, 1.165) is 25.9 Å². The van der Waals surface area contributed by atoms with Gasteiger partial charge in [0.2, 0.25) is 0 Å². The summed E-state index contributed by atoms with van der Waals surface area (Å²) in [4.78, 5) is 4.83.